The van der Waals surface area contributed by atoms with E-state index in [1.54, 1.807) is 30.6 Å². The Bertz CT molecular complexity index is 1150. The predicted molar refractivity (Wildman–Crippen MR) is 118 cm³/mol. The van der Waals surface area contributed by atoms with Gasteiger partial charge in [0.15, 0.2) is 5.65 Å². The zero-order valence-electron chi connectivity index (χ0n) is 16.6. The summed E-state index contributed by atoms with van der Waals surface area (Å²) in [6.07, 6.45) is 7.39. The lowest BCUT2D eigenvalue weighted by molar-refractivity contribution is -0.123. The minimum Gasteiger partial charge on any atom is -0.350 e. The molecule has 7 nitrogen and oxygen atoms in total. The second-order valence-electron chi connectivity index (χ2n) is 8.25. The van der Waals surface area contributed by atoms with Gasteiger partial charge < -0.3 is 15.6 Å². The number of H-pyrrole nitrogens is 1. The second kappa shape index (κ2) is 8.13. The maximum absolute atomic E-state index is 13.0. The molecule has 0 saturated heterocycles. The Kier molecular flexibility index (Phi) is 5.32. The highest BCUT2D eigenvalue weighted by atomic mass is 35.5. The number of aromatic amines is 1. The van der Waals surface area contributed by atoms with E-state index in [-0.39, 0.29) is 24.3 Å². The van der Waals surface area contributed by atoms with Gasteiger partial charge in [-0.2, -0.15) is 0 Å². The van der Waals surface area contributed by atoms with Crippen molar-refractivity contribution >= 4 is 46.2 Å². The van der Waals surface area contributed by atoms with Gasteiger partial charge in [0.05, 0.1) is 17.5 Å². The molecule has 2 heterocycles. The Hall–Kier alpha value is -2.64. The van der Waals surface area contributed by atoms with E-state index in [1.165, 1.54) is 0 Å². The van der Waals surface area contributed by atoms with Crippen molar-refractivity contribution in [3.63, 3.8) is 0 Å². The molecular formula is C22H21Cl2N5O2. The van der Waals surface area contributed by atoms with Crippen molar-refractivity contribution in [1.29, 1.82) is 0 Å². The molecule has 2 saturated carbocycles. The van der Waals surface area contributed by atoms with Crippen LogP contribution >= 0.6 is 23.2 Å². The van der Waals surface area contributed by atoms with Crippen molar-refractivity contribution in [3.8, 4) is 0 Å². The van der Waals surface area contributed by atoms with Gasteiger partial charge in [-0.05, 0) is 55.4 Å². The van der Waals surface area contributed by atoms with Crippen LogP contribution < -0.4 is 10.6 Å². The fourth-order valence-corrected chi connectivity index (χ4v) is 4.28. The molecule has 1 atom stereocenters. The molecule has 0 unspecified atom stereocenters. The fourth-order valence-electron chi connectivity index (χ4n) is 3.71. The Labute approximate surface area is 188 Å². The van der Waals surface area contributed by atoms with Gasteiger partial charge in [0.25, 0.3) is 5.91 Å². The number of rotatable bonds is 7. The Morgan fingerprint density at radius 3 is 2.55 bits per heavy atom. The SMILES string of the molecule is O=C(N[C@@H](C(=O)NCc1cc(Cl)cc(Cl)c1)C1CC1)c1c[nH]c2ncc(C3CC3)nc12. The van der Waals surface area contributed by atoms with Crippen LogP contribution in [0.15, 0.2) is 30.6 Å². The van der Waals surface area contributed by atoms with Gasteiger partial charge in [0, 0.05) is 28.7 Å². The molecule has 2 aromatic heterocycles. The first kappa shape index (κ1) is 20.3. The summed E-state index contributed by atoms with van der Waals surface area (Å²) < 4.78 is 0. The largest absolute Gasteiger partial charge is 0.350 e. The van der Waals surface area contributed by atoms with E-state index in [9.17, 15) is 9.59 Å². The predicted octanol–water partition coefficient (Wildman–Crippen LogP) is 3.97. The third-order valence-electron chi connectivity index (χ3n) is 5.69. The molecule has 160 valence electrons. The van der Waals surface area contributed by atoms with Gasteiger partial charge in [0.1, 0.15) is 11.6 Å². The molecule has 9 heteroatoms. The van der Waals surface area contributed by atoms with Gasteiger partial charge in [0.2, 0.25) is 5.91 Å². The lowest BCUT2D eigenvalue weighted by Gasteiger charge is -2.18. The zero-order chi connectivity index (χ0) is 21.5. The Balaban J connectivity index is 1.29. The van der Waals surface area contributed by atoms with Crippen LogP contribution in [0.25, 0.3) is 11.2 Å². The molecule has 0 spiro atoms. The van der Waals surface area contributed by atoms with E-state index in [1.807, 2.05) is 0 Å². The molecule has 31 heavy (non-hydrogen) atoms. The van der Waals surface area contributed by atoms with Crippen LogP contribution in [0, 0.1) is 5.92 Å². The molecule has 0 radical (unpaired) electrons. The minimum absolute atomic E-state index is 0.130. The molecule has 0 bridgehead atoms. The zero-order valence-corrected chi connectivity index (χ0v) is 18.1. The number of fused-ring (bicyclic) bond motifs is 1. The number of hydrogen-bond donors (Lipinski definition) is 3. The number of halogens is 2. The first-order valence-corrected chi connectivity index (χ1v) is 11.1. The third kappa shape index (κ3) is 4.52. The average Bonchev–Trinajstić information content (AvgIpc) is 3.66. The molecule has 0 aliphatic heterocycles. The topological polar surface area (TPSA) is 99.8 Å². The van der Waals surface area contributed by atoms with Crippen LogP contribution in [0.2, 0.25) is 10.0 Å². The lowest BCUT2D eigenvalue weighted by Crippen LogP contribution is -2.47. The van der Waals surface area contributed by atoms with Crippen molar-refractivity contribution in [2.45, 2.75) is 44.2 Å². The molecule has 3 N–H and O–H groups in total. The molecule has 2 aliphatic carbocycles. The highest BCUT2D eigenvalue weighted by Crippen LogP contribution is 2.39. The normalized spacial score (nSPS) is 16.8. The van der Waals surface area contributed by atoms with Gasteiger partial charge in [-0.1, -0.05) is 23.2 Å². The molecule has 2 fully saturated rings. The number of aromatic nitrogens is 3. The number of benzene rings is 1. The maximum atomic E-state index is 13.0. The number of carbonyl (C=O) groups excluding carboxylic acids is 2. The monoisotopic (exact) mass is 457 g/mol. The smallest absolute Gasteiger partial charge is 0.255 e. The number of carbonyl (C=O) groups is 2. The summed E-state index contributed by atoms with van der Waals surface area (Å²) in [5.74, 6) is 0.0146. The number of amides is 2. The highest BCUT2D eigenvalue weighted by Gasteiger charge is 2.37. The van der Waals surface area contributed by atoms with Gasteiger partial charge in [-0.25, -0.2) is 9.97 Å². The third-order valence-corrected chi connectivity index (χ3v) is 6.13. The van der Waals surface area contributed by atoms with Crippen LogP contribution in [0.1, 0.15) is 53.2 Å². The molecular weight excluding hydrogens is 437 g/mol. The van der Waals surface area contributed by atoms with E-state index < -0.39 is 6.04 Å². The number of hydrogen-bond acceptors (Lipinski definition) is 4. The van der Waals surface area contributed by atoms with E-state index in [2.05, 4.69) is 25.6 Å². The first-order chi connectivity index (χ1) is 15.0. The standard InChI is InChI=1S/C22H21Cl2N5O2/c23-14-5-11(6-15(24)7-14)8-27-22(31)18(13-3-4-13)29-21(30)16-9-25-20-19(16)28-17(10-26-20)12-1-2-12/h5-7,9-10,12-13,18H,1-4,8H2,(H,25,26)(H,27,31)(H,29,30)/t18-/m1/s1. The summed E-state index contributed by atoms with van der Waals surface area (Å²) in [4.78, 5) is 37.9. The summed E-state index contributed by atoms with van der Waals surface area (Å²) in [7, 11) is 0. The number of nitrogens with one attached hydrogen (secondary N) is 3. The van der Waals surface area contributed by atoms with Crippen molar-refractivity contribution in [3.05, 3.63) is 57.5 Å². The molecule has 2 aliphatic rings. The first-order valence-electron chi connectivity index (χ1n) is 10.4. The average molecular weight is 458 g/mol. The van der Waals surface area contributed by atoms with E-state index >= 15 is 0 Å². The van der Waals surface area contributed by atoms with Gasteiger partial charge >= 0.3 is 0 Å². The fraction of sp³-hybridized carbons (Fsp3) is 0.364. The molecule has 5 rings (SSSR count). The summed E-state index contributed by atoms with van der Waals surface area (Å²) >= 11 is 12.1. The van der Waals surface area contributed by atoms with Crippen LogP contribution in [-0.4, -0.2) is 32.8 Å². The van der Waals surface area contributed by atoms with Crippen LogP contribution in [0.5, 0.6) is 0 Å². The van der Waals surface area contributed by atoms with Crippen molar-refractivity contribution in [1.82, 2.24) is 25.6 Å². The minimum atomic E-state index is -0.605. The van der Waals surface area contributed by atoms with Crippen molar-refractivity contribution in [2.24, 2.45) is 5.92 Å². The van der Waals surface area contributed by atoms with E-state index in [0.29, 0.717) is 32.7 Å². The Morgan fingerprint density at radius 2 is 1.87 bits per heavy atom. The maximum Gasteiger partial charge on any atom is 0.255 e. The van der Waals surface area contributed by atoms with E-state index in [4.69, 9.17) is 23.2 Å². The van der Waals surface area contributed by atoms with Gasteiger partial charge in [-0.3, -0.25) is 9.59 Å². The molecule has 1 aromatic carbocycles. The summed E-state index contributed by atoms with van der Waals surface area (Å²) in [6, 6.07) is 4.54. The van der Waals surface area contributed by atoms with Crippen LogP contribution in [0.4, 0.5) is 0 Å². The van der Waals surface area contributed by atoms with Crippen molar-refractivity contribution < 1.29 is 9.59 Å². The van der Waals surface area contributed by atoms with Crippen LogP contribution in [0.3, 0.4) is 0 Å². The van der Waals surface area contributed by atoms with E-state index in [0.717, 1.165) is 36.9 Å². The summed E-state index contributed by atoms with van der Waals surface area (Å²) in [5.41, 5.74) is 3.24. The lowest BCUT2D eigenvalue weighted by atomic mass is 10.1. The summed E-state index contributed by atoms with van der Waals surface area (Å²) in [6.45, 7) is 0.279. The second-order valence-corrected chi connectivity index (χ2v) is 9.13. The highest BCUT2D eigenvalue weighted by molar-refractivity contribution is 6.34. The Morgan fingerprint density at radius 1 is 1.13 bits per heavy atom. The molecule has 2 amide bonds. The number of nitrogens with zero attached hydrogens (tertiary/aromatic N) is 2. The van der Waals surface area contributed by atoms with Crippen molar-refractivity contribution in [2.75, 3.05) is 0 Å². The van der Waals surface area contributed by atoms with Crippen LogP contribution in [-0.2, 0) is 11.3 Å². The molecule has 3 aromatic rings. The summed E-state index contributed by atoms with van der Waals surface area (Å²) in [5, 5.41) is 6.81. The van der Waals surface area contributed by atoms with Gasteiger partial charge in [-0.15, -0.1) is 0 Å². The quantitative estimate of drug-likeness (QED) is 0.499.